The van der Waals surface area contributed by atoms with E-state index in [1.807, 2.05) is 0 Å². The Balaban J connectivity index is 4.54. The van der Waals surface area contributed by atoms with Crippen molar-refractivity contribution in [3.05, 3.63) is 0 Å². The molecular formula is C12H23NO4S. The van der Waals surface area contributed by atoms with Gasteiger partial charge in [0.2, 0.25) is 5.91 Å². The van der Waals surface area contributed by atoms with Gasteiger partial charge >= 0.3 is 5.97 Å². The summed E-state index contributed by atoms with van der Waals surface area (Å²) in [5.74, 6) is -1.06. The second kappa shape index (κ2) is 6.87. The summed E-state index contributed by atoms with van der Waals surface area (Å²) >= 11 is 0. The smallest absolute Gasteiger partial charge is 0.310 e. The van der Waals surface area contributed by atoms with Gasteiger partial charge in [-0.2, -0.15) is 0 Å². The van der Waals surface area contributed by atoms with E-state index >= 15 is 0 Å². The van der Waals surface area contributed by atoms with Gasteiger partial charge in [-0.25, -0.2) is 0 Å². The van der Waals surface area contributed by atoms with Crippen molar-refractivity contribution in [2.45, 2.75) is 40.2 Å². The lowest BCUT2D eigenvalue weighted by molar-refractivity contribution is -0.153. The maximum absolute atomic E-state index is 11.8. The van der Waals surface area contributed by atoms with Crippen molar-refractivity contribution in [2.75, 3.05) is 12.0 Å². The molecule has 3 atom stereocenters. The van der Waals surface area contributed by atoms with Gasteiger partial charge in [0.15, 0.2) is 0 Å². The van der Waals surface area contributed by atoms with Crippen LogP contribution < -0.4 is 5.32 Å². The highest BCUT2D eigenvalue weighted by Crippen LogP contribution is 2.31. The molecule has 0 aromatic carbocycles. The van der Waals surface area contributed by atoms with Gasteiger partial charge in [0.25, 0.3) is 0 Å². The Bertz CT molecular complexity index is 343. The summed E-state index contributed by atoms with van der Waals surface area (Å²) in [7, 11) is -0.984. The van der Waals surface area contributed by atoms with E-state index in [4.69, 9.17) is 0 Å². The maximum Gasteiger partial charge on any atom is 0.310 e. The second-order valence-electron chi connectivity index (χ2n) is 5.26. The fourth-order valence-corrected chi connectivity index (χ4v) is 2.37. The number of aliphatic carboxylic acids is 1. The highest BCUT2D eigenvalue weighted by atomic mass is 32.2. The van der Waals surface area contributed by atoms with Crippen LogP contribution in [0.2, 0.25) is 0 Å². The molecule has 0 bridgehead atoms. The number of amides is 1. The molecule has 0 aliphatic carbocycles. The Labute approximate surface area is 111 Å². The minimum Gasteiger partial charge on any atom is -0.481 e. The summed E-state index contributed by atoms with van der Waals surface area (Å²) in [5, 5.41) is 11.9. The topological polar surface area (TPSA) is 83.5 Å². The van der Waals surface area contributed by atoms with Crippen molar-refractivity contribution in [1.29, 1.82) is 0 Å². The van der Waals surface area contributed by atoms with Crippen molar-refractivity contribution in [3.8, 4) is 0 Å². The zero-order valence-electron chi connectivity index (χ0n) is 11.6. The molecule has 0 fully saturated rings. The molecule has 0 aliphatic heterocycles. The zero-order valence-corrected chi connectivity index (χ0v) is 12.5. The average molecular weight is 277 g/mol. The van der Waals surface area contributed by atoms with Gasteiger partial charge < -0.3 is 10.4 Å². The SMILES string of the molecule is CC(CS(C)=O)NC(=O)CC(C)(C(=O)O)C(C)C. The van der Waals surface area contributed by atoms with Gasteiger partial charge in [0.05, 0.1) is 5.41 Å². The van der Waals surface area contributed by atoms with Crippen LogP contribution in [0.3, 0.4) is 0 Å². The summed E-state index contributed by atoms with van der Waals surface area (Å²) in [5.41, 5.74) is -1.07. The van der Waals surface area contributed by atoms with Gasteiger partial charge in [-0.05, 0) is 19.8 Å². The molecule has 5 nitrogen and oxygen atoms in total. The third-order valence-corrected chi connectivity index (χ3v) is 4.15. The lowest BCUT2D eigenvalue weighted by Crippen LogP contribution is -2.42. The minimum absolute atomic E-state index is 0.0688. The van der Waals surface area contributed by atoms with E-state index in [0.717, 1.165) is 0 Å². The van der Waals surface area contributed by atoms with Crippen molar-refractivity contribution in [2.24, 2.45) is 11.3 Å². The van der Waals surface area contributed by atoms with E-state index in [2.05, 4.69) is 5.32 Å². The molecule has 1 amide bonds. The fourth-order valence-electron chi connectivity index (χ4n) is 1.58. The number of rotatable bonds is 7. The van der Waals surface area contributed by atoms with Gasteiger partial charge in [-0.15, -0.1) is 0 Å². The highest BCUT2D eigenvalue weighted by molar-refractivity contribution is 7.84. The van der Waals surface area contributed by atoms with E-state index in [1.165, 1.54) is 0 Å². The molecule has 0 aromatic rings. The summed E-state index contributed by atoms with van der Waals surface area (Å²) in [6.07, 6.45) is 1.50. The molecule has 0 saturated carbocycles. The number of carboxylic acids is 1. The van der Waals surface area contributed by atoms with Crippen molar-refractivity contribution >= 4 is 22.7 Å². The van der Waals surface area contributed by atoms with E-state index in [0.29, 0.717) is 5.75 Å². The standard InChI is InChI=1S/C12H23NO4S/c1-8(2)12(4,11(15)16)6-10(14)13-9(3)7-18(5)17/h8-9H,6-7H2,1-5H3,(H,13,14)(H,15,16). The van der Waals surface area contributed by atoms with E-state index in [-0.39, 0.29) is 24.3 Å². The number of carbonyl (C=O) groups excluding carboxylic acids is 1. The van der Waals surface area contributed by atoms with Crippen molar-refractivity contribution in [1.82, 2.24) is 5.32 Å². The molecule has 0 heterocycles. The molecule has 0 aromatic heterocycles. The van der Waals surface area contributed by atoms with Crippen LogP contribution in [0.5, 0.6) is 0 Å². The van der Waals surface area contributed by atoms with E-state index in [9.17, 15) is 18.9 Å². The Morgan fingerprint density at radius 3 is 2.17 bits per heavy atom. The Hall–Kier alpha value is -0.910. The monoisotopic (exact) mass is 277 g/mol. The van der Waals surface area contributed by atoms with Gasteiger partial charge in [-0.1, -0.05) is 13.8 Å². The quantitative estimate of drug-likeness (QED) is 0.727. The average Bonchev–Trinajstić information content (AvgIpc) is 2.14. The molecule has 3 unspecified atom stereocenters. The third kappa shape index (κ3) is 5.16. The lowest BCUT2D eigenvalue weighted by Gasteiger charge is -2.28. The first-order valence-corrected chi connectivity index (χ1v) is 7.65. The summed E-state index contributed by atoms with van der Waals surface area (Å²) in [6, 6.07) is -0.214. The fraction of sp³-hybridized carbons (Fsp3) is 0.833. The summed E-state index contributed by atoms with van der Waals surface area (Å²) < 4.78 is 11.0. The number of carbonyl (C=O) groups is 2. The van der Waals surface area contributed by atoms with Crippen LogP contribution >= 0.6 is 0 Å². The number of hydrogen-bond donors (Lipinski definition) is 2. The Morgan fingerprint density at radius 1 is 1.33 bits per heavy atom. The predicted octanol–water partition coefficient (Wildman–Crippen LogP) is 1.01. The largest absolute Gasteiger partial charge is 0.481 e. The third-order valence-electron chi connectivity index (χ3n) is 3.18. The van der Waals surface area contributed by atoms with Gasteiger partial charge in [-0.3, -0.25) is 13.8 Å². The highest BCUT2D eigenvalue weighted by Gasteiger charge is 2.38. The summed E-state index contributed by atoms with van der Waals surface area (Å²) in [6.45, 7) is 6.90. The van der Waals surface area contributed by atoms with Crippen LogP contribution in [-0.4, -0.2) is 39.2 Å². The van der Waals surface area contributed by atoms with Crippen molar-refractivity contribution in [3.63, 3.8) is 0 Å². The number of hydrogen-bond acceptors (Lipinski definition) is 3. The molecule has 18 heavy (non-hydrogen) atoms. The molecule has 0 saturated heterocycles. The molecular weight excluding hydrogens is 254 g/mol. The van der Waals surface area contributed by atoms with Crippen LogP contribution in [0.4, 0.5) is 0 Å². The molecule has 106 valence electrons. The molecule has 0 spiro atoms. The van der Waals surface area contributed by atoms with Crippen LogP contribution in [0.25, 0.3) is 0 Å². The van der Waals surface area contributed by atoms with Crippen LogP contribution in [0, 0.1) is 11.3 Å². The van der Waals surface area contributed by atoms with Crippen LogP contribution in [0.15, 0.2) is 0 Å². The predicted molar refractivity (Wildman–Crippen MR) is 71.7 cm³/mol. The van der Waals surface area contributed by atoms with Crippen LogP contribution in [0.1, 0.15) is 34.1 Å². The van der Waals surface area contributed by atoms with Gasteiger partial charge in [0.1, 0.15) is 0 Å². The van der Waals surface area contributed by atoms with Crippen LogP contribution in [-0.2, 0) is 20.4 Å². The molecule has 6 heteroatoms. The van der Waals surface area contributed by atoms with E-state index < -0.39 is 22.2 Å². The zero-order chi connectivity index (χ0) is 14.5. The van der Waals surface area contributed by atoms with Gasteiger partial charge in [0, 0.05) is 35.3 Å². The first-order chi connectivity index (χ1) is 8.09. The van der Waals surface area contributed by atoms with E-state index in [1.54, 1.807) is 34.0 Å². The Morgan fingerprint density at radius 2 is 1.83 bits per heavy atom. The first-order valence-electron chi connectivity index (χ1n) is 5.92. The van der Waals surface area contributed by atoms with Crippen molar-refractivity contribution < 1.29 is 18.9 Å². The second-order valence-corrected chi connectivity index (χ2v) is 6.74. The molecule has 0 rings (SSSR count). The molecule has 0 aliphatic rings. The summed E-state index contributed by atoms with van der Waals surface area (Å²) in [4.78, 5) is 23.0. The normalized spacial score (nSPS) is 17.9. The minimum atomic E-state index is -1.07. The molecule has 2 N–H and O–H groups in total. The number of nitrogens with one attached hydrogen (secondary N) is 1. The first kappa shape index (κ1) is 17.1. The lowest BCUT2D eigenvalue weighted by atomic mass is 9.76. The molecule has 0 radical (unpaired) electrons. The number of carboxylic acid groups (broad SMARTS) is 1. The Kier molecular flexibility index (Phi) is 6.52. The maximum atomic E-state index is 11.8.